The third-order valence-electron chi connectivity index (χ3n) is 1.66. The van der Waals surface area contributed by atoms with Gasteiger partial charge in [0.15, 0.2) is 0 Å². The highest BCUT2D eigenvalue weighted by Gasteiger charge is 2.19. The monoisotopic (exact) mass is 214 g/mol. The molecule has 0 spiro atoms. The maximum Gasteiger partial charge on any atom is 0.303 e. The van der Waals surface area contributed by atoms with Gasteiger partial charge in [-0.15, -0.1) is 21.5 Å². The van der Waals surface area contributed by atoms with Crippen LogP contribution in [0.3, 0.4) is 0 Å². The number of rotatable bonds is 3. The topological polar surface area (TPSA) is 63.1 Å². The third kappa shape index (κ3) is 3.06. The van der Waals surface area contributed by atoms with Gasteiger partial charge in [-0.05, 0) is 0 Å². The SMILES string of the molecule is CC(C)(C)c1nnc(CCC(=O)O)s1. The summed E-state index contributed by atoms with van der Waals surface area (Å²) in [5.41, 5.74) is -0.000853. The fourth-order valence-electron chi connectivity index (χ4n) is 0.872. The summed E-state index contributed by atoms with van der Waals surface area (Å²) in [5.74, 6) is -0.794. The van der Waals surface area contributed by atoms with Crippen molar-refractivity contribution in [1.29, 1.82) is 0 Å². The maximum atomic E-state index is 10.3. The van der Waals surface area contributed by atoms with Gasteiger partial charge in [-0.3, -0.25) is 4.79 Å². The van der Waals surface area contributed by atoms with Crippen LogP contribution in [0.1, 0.15) is 37.2 Å². The van der Waals surface area contributed by atoms with Gasteiger partial charge in [-0.1, -0.05) is 20.8 Å². The molecule has 1 aromatic rings. The van der Waals surface area contributed by atoms with E-state index in [4.69, 9.17) is 5.11 Å². The second-order valence-electron chi connectivity index (χ2n) is 4.14. The smallest absolute Gasteiger partial charge is 0.303 e. The minimum absolute atomic E-state index is 0.000853. The second kappa shape index (κ2) is 4.04. The second-order valence-corrected chi connectivity index (χ2v) is 5.21. The van der Waals surface area contributed by atoms with Gasteiger partial charge in [0.2, 0.25) is 0 Å². The van der Waals surface area contributed by atoms with E-state index < -0.39 is 5.97 Å². The van der Waals surface area contributed by atoms with Crippen LogP contribution in [0.15, 0.2) is 0 Å². The molecule has 5 heteroatoms. The van der Waals surface area contributed by atoms with Gasteiger partial charge in [0.1, 0.15) is 10.0 Å². The van der Waals surface area contributed by atoms with Crippen molar-refractivity contribution in [1.82, 2.24) is 10.2 Å². The summed E-state index contributed by atoms with van der Waals surface area (Å²) in [6.07, 6.45) is 0.599. The minimum Gasteiger partial charge on any atom is -0.481 e. The molecule has 14 heavy (non-hydrogen) atoms. The van der Waals surface area contributed by atoms with Crippen molar-refractivity contribution in [3.63, 3.8) is 0 Å². The number of aliphatic carboxylic acids is 1. The Bertz CT molecular complexity index is 328. The van der Waals surface area contributed by atoms with E-state index in [1.165, 1.54) is 11.3 Å². The maximum absolute atomic E-state index is 10.3. The van der Waals surface area contributed by atoms with E-state index in [0.29, 0.717) is 6.42 Å². The van der Waals surface area contributed by atoms with Gasteiger partial charge in [0.05, 0.1) is 6.42 Å². The standard InChI is InChI=1S/C9H14N2O2S/c1-9(2,3)8-11-10-6(14-8)4-5-7(12)13/h4-5H2,1-3H3,(H,12,13). The predicted octanol–water partition coefficient (Wildman–Crippen LogP) is 1.85. The normalized spacial score (nSPS) is 11.6. The molecule has 0 aliphatic heterocycles. The van der Waals surface area contributed by atoms with Crippen molar-refractivity contribution < 1.29 is 9.90 Å². The summed E-state index contributed by atoms with van der Waals surface area (Å²) in [6, 6.07) is 0. The van der Waals surface area contributed by atoms with Crippen LogP contribution in [0.2, 0.25) is 0 Å². The molecule has 4 nitrogen and oxygen atoms in total. The van der Waals surface area contributed by atoms with E-state index in [0.717, 1.165) is 10.0 Å². The number of hydrogen-bond donors (Lipinski definition) is 1. The molecule has 0 saturated heterocycles. The Labute approximate surface area is 87.0 Å². The number of aromatic nitrogens is 2. The Balaban J connectivity index is 2.64. The van der Waals surface area contributed by atoms with Crippen molar-refractivity contribution >= 4 is 17.3 Å². The van der Waals surface area contributed by atoms with E-state index >= 15 is 0 Å². The number of aryl methyl sites for hydroxylation is 1. The Hall–Kier alpha value is -0.970. The Kier molecular flexibility index (Phi) is 3.21. The van der Waals surface area contributed by atoms with E-state index in [1.54, 1.807) is 0 Å². The molecule has 0 radical (unpaired) electrons. The summed E-state index contributed by atoms with van der Waals surface area (Å²) < 4.78 is 0. The van der Waals surface area contributed by atoms with Gasteiger partial charge in [0.25, 0.3) is 0 Å². The zero-order valence-corrected chi connectivity index (χ0v) is 9.39. The molecule has 0 amide bonds. The molecule has 1 rings (SSSR count). The lowest BCUT2D eigenvalue weighted by molar-refractivity contribution is -0.136. The summed E-state index contributed by atoms with van der Waals surface area (Å²) in [7, 11) is 0. The molecule has 1 heterocycles. The van der Waals surface area contributed by atoms with Crippen LogP contribution in [0.5, 0.6) is 0 Å². The molecule has 0 unspecified atom stereocenters. The highest BCUT2D eigenvalue weighted by Crippen LogP contribution is 2.25. The summed E-state index contributed by atoms with van der Waals surface area (Å²) >= 11 is 1.50. The first kappa shape index (κ1) is 11.1. The number of nitrogens with zero attached hydrogens (tertiary/aromatic N) is 2. The molecule has 0 aliphatic carbocycles. The molecule has 0 bridgehead atoms. The molecule has 1 aromatic heterocycles. The Morgan fingerprint density at radius 1 is 1.43 bits per heavy atom. The van der Waals surface area contributed by atoms with E-state index in [-0.39, 0.29) is 11.8 Å². The molecule has 0 aromatic carbocycles. The number of carbonyl (C=O) groups is 1. The molecule has 0 saturated carbocycles. The molecule has 0 fully saturated rings. The predicted molar refractivity (Wildman–Crippen MR) is 54.6 cm³/mol. The van der Waals surface area contributed by atoms with Crippen LogP contribution in [-0.2, 0) is 16.6 Å². The zero-order chi connectivity index (χ0) is 10.8. The average Bonchev–Trinajstić information content (AvgIpc) is 2.47. The van der Waals surface area contributed by atoms with Gasteiger partial charge >= 0.3 is 5.97 Å². The van der Waals surface area contributed by atoms with Crippen molar-refractivity contribution in [2.45, 2.75) is 39.0 Å². The van der Waals surface area contributed by atoms with Crippen LogP contribution < -0.4 is 0 Å². The Morgan fingerprint density at radius 2 is 2.07 bits per heavy atom. The van der Waals surface area contributed by atoms with E-state index in [1.807, 2.05) is 0 Å². The first-order valence-corrected chi connectivity index (χ1v) is 5.26. The summed E-state index contributed by atoms with van der Waals surface area (Å²) in [5, 5.41) is 18.3. The van der Waals surface area contributed by atoms with Crippen LogP contribution in [0, 0.1) is 0 Å². The quantitative estimate of drug-likeness (QED) is 0.834. The van der Waals surface area contributed by atoms with Gasteiger partial charge in [0, 0.05) is 11.8 Å². The van der Waals surface area contributed by atoms with Gasteiger partial charge in [-0.2, -0.15) is 0 Å². The minimum atomic E-state index is -0.794. The Morgan fingerprint density at radius 3 is 2.50 bits per heavy atom. The van der Waals surface area contributed by atoms with Crippen LogP contribution in [0.25, 0.3) is 0 Å². The van der Waals surface area contributed by atoms with Gasteiger partial charge < -0.3 is 5.11 Å². The van der Waals surface area contributed by atoms with E-state index in [2.05, 4.69) is 31.0 Å². The highest BCUT2D eigenvalue weighted by atomic mass is 32.1. The van der Waals surface area contributed by atoms with Crippen LogP contribution >= 0.6 is 11.3 Å². The fraction of sp³-hybridized carbons (Fsp3) is 0.667. The van der Waals surface area contributed by atoms with Crippen LogP contribution in [0.4, 0.5) is 0 Å². The number of carboxylic acids is 1. The van der Waals surface area contributed by atoms with E-state index in [9.17, 15) is 4.79 Å². The molecule has 0 aliphatic rings. The lowest BCUT2D eigenvalue weighted by Crippen LogP contribution is -2.10. The zero-order valence-electron chi connectivity index (χ0n) is 8.57. The number of carboxylic acid groups (broad SMARTS) is 1. The summed E-state index contributed by atoms with van der Waals surface area (Å²) in [4.78, 5) is 10.3. The van der Waals surface area contributed by atoms with Crippen molar-refractivity contribution in [3.8, 4) is 0 Å². The lowest BCUT2D eigenvalue weighted by atomic mass is 9.98. The largest absolute Gasteiger partial charge is 0.481 e. The summed E-state index contributed by atoms with van der Waals surface area (Å²) in [6.45, 7) is 6.19. The molecule has 1 N–H and O–H groups in total. The van der Waals surface area contributed by atoms with Crippen LogP contribution in [-0.4, -0.2) is 21.3 Å². The van der Waals surface area contributed by atoms with Crippen molar-refractivity contribution in [3.05, 3.63) is 10.0 Å². The fourth-order valence-corrected chi connectivity index (χ4v) is 1.77. The molecular formula is C9H14N2O2S. The molecule has 0 atom stereocenters. The van der Waals surface area contributed by atoms with Crippen molar-refractivity contribution in [2.24, 2.45) is 0 Å². The highest BCUT2D eigenvalue weighted by molar-refractivity contribution is 7.11. The first-order valence-electron chi connectivity index (χ1n) is 4.44. The average molecular weight is 214 g/mol. The first-order chi connectivity index (χ1) is 6.39. The third-order valence-corrected chi connectivity index (χ3v) is 3.07. The molecule has 78 valence electrons. The lowest BCUT2D eigenvalue weighted by Gasteiger charge is -2.12. The number of hydrogen-bond acceptors (Lipinski definition) is 4. The van der Waals surface area contributed by atoms with Gasteiger partial charge in [-0.25, -0.2) is 0 Å². The molecular weight excluding hydrogens is 200 g/mol. The van der Waals surface area contributed by atoms with Crippen molar-refractivity contribution in [2.75, 3.05) is 0 Å².